The van der Waals surface area contributed by atoms with E-state index in [1.807, 2.05) is 12.3 Å². The van der Waals surface area contributed by atoms with Crippen LogP contribution in [0, 0.1) is 20.8 Å². The van der Waals surface area contributed by atoms with Crippen LogP contribution < -0.4 is 5.32 Å². The third-order valence-electron chi connectivity index (χ3n) is 3.44. The smallest absolute Gasteiger partial charge is 0.0570 e. The molecule has 0 aliphatic heterocycles. The lowest BCUT2D eigenvalue weighted by Crippen LogP contribution is -2.15. The predicted molar refractivity (Wildman–Crippen MR) is 75.4 cm³/mol. The molecule has 1 aromatic heterocycles. The van der Waals surface area contributed by atoms with Crippen molar-refractivity contribution < 1.29 is 0 Å². The van der Waals surface area contributed by atoms with Gasteiger partial charge in [-0.1, -0.05) is 24.3 Å². The van der Waals surface area contributed by atoms with Crippen LogP contribution in [-0.4, -0.2) is 4.98 Å². The number of nitrogens with one attached hydrogen (secondary N) is 1. The molecule has 0 atom stereocenters. The highest BCUT2D eigenvalue weighted by atomic mass is 14.9. The third-order valence-corrected chi connectivity index (χ3v) is 3.44. The molecule has 2 aromatic rings. The van der Waals surface area contributed by atoms with E-state index in [9.17, 15) is 0 Å². The van der Waals surface area contributed by atoms with Crippen LogP contribution in [0.3, 0.4) is 0 Å². The lowest BCUT2D eigenvalue weighted by atomic mass is 10.0. The van der Waals surface area contributed by atoms with Crippen molar-refractivity contribution in [2.45, 2.75) is 33.9 Å². The molecular formula is C16H20N2. The second kappa shape index (κ2) is 5.78. The van der Waals surface area contributed by atoms with Crippen molar-refractivity contribution in [2.75, 3.05) is 0 Å². The van der Waals surface area contributed by atoms with E-state index in [4.69, 9.17) is 0 Å². The van der Waals surface area contributed by atoms with Crippen molar-refractivity contribution in [3.63, 3.8) is 0 Å². The first-order valence-electron chi connectivity index (χ1n) is 6.35. The van der Waals surface area contributed by atoms with Crippen LogP contribution in [0.5, 0.6) is 0 Å². The molecule has 1 N–H and O–H groups in total. The van der Waals surface area contributed by atoms with Crippen molar-refractivity contribution in [2.24, 2.45) is 0 Å². The number of pyridine rings is 1. The zero-order valence-electron chi connectivity index (χ0n) is 11.3. The molecule has 94 valence electrons. The van der Waals surface area contributed by atoms with Gasteiger partial charge in [-0.25, -0.2) is 0 Å². The number of aromatic nitrogens is 1. The van der Waals surface area contributed by atoms with Crippen molar-refractivity contribution in [3.8, 4) is 0 Å². The molecule has 0 saturated heterocycles. The molecule has 0 aliphatic rings. The van der Waals surface area contributed by atoms with Crippen molar-refractivity contribution in [3.05, 3.63) is 64.5 Å². The normalized spacial score (nSPS) is 10.6. The number of hydrogen-bond acceptors (Lipinski definition) is 2. The van der Waals surface area contributed by atoms with Gasteiger partial charge in [0, 0.05) is 19.3 Å². The molecule has 1 heterocycles. The van der Waals surface area contributed by atoms with Gasteiger partial charge in [-0.05, 0) is 49.1 Å². The van der Waals surface area contributed by atoms with E-state index < -0.39 is 0 Å². The highest BCUT2D eigenvalue weighted by molar-refractivity contribution is 5.33. The van der Waals surface area contributed by atoms with Gasteiger partial charge >= 0.3 is 0 Å². The van der Waals surface area contributed by atoms with Gasteiger partial charge < -0.3 is 5.32 Å². The van der Waals surface area contributed by atoms with Crippen LogP contribution in [0.2, 0.25) is 0 Å². The Morgan fingerprint density at radius 3 is 2.50 bits per heavy atom. The molecule has 2 heteroatoms. The summed E-state index contributed by atoms with van der Waals surface area (Å²) in [5, 5.41) is 3.46. The van der Waals surface area contributed by atoms with E-state index in [0.29, 0.717) is 0 Å². The van der Waals surface area contributed by atoms with E-state index in [-0.39, 0.29) is 0 Å². The first-order chi connectivity index (χ1) is 8.68. The summed E-state index contributed by atoms with van der Waals surface area (Å²) < 4.78 is 0. The van der Waals surface area contributed by atoms with Gasteiger partial charge in [0.15, 0.2) is 0 Å². The van der Waals surface area contributed by atoms with Crippen LogP contribution in [0.15, 0.2) is 36.5 Å². The second-order valence-corrected chi connectivity index (χ2v) is 4.73. The summed E-state index contributed by atoms with van der Waals surface area (Å²) in [7, 11) is 0. The maximum Gasteiger partial charge on any atom is 0.0570 e. The van der Waals surface area contributed by atoms with Crippen LogP contribution in [0.25, 0.3) is 0 Å². The largest absolute Gasteiger partial charge is 0.307 e. The second-order valence-electron chi connectivity index (χ2n) is 4.73. The Bertz CT molecular complexity index is 532. The lowest BCUT2D eigenvalue weighted by molar-refractivity contribution is 0.673. The van der Waals surface area contributed by atoms with Gasteiger partial charge in [-0.2, -0.15) is 0 Å². The summed E-state index contributed by atoms with van der Waals surface area (Å²) in [5.41, 5.74) is 6.46. The Hall–Kier alpha value is -1.67. The Morgan fingerprint density at radius 1 is 0.944 bits per heavy atom. The molecule has 0 fully saturated rings. The highest BCUT2D eigenvalue weighted by Crippen LogP contribution is 2.12. The number of rotatable bonds is 4. The first-order valence-corrected chi connectivity index (χ1v) is 6.35. The van der Waals surface area contributed by atoms with Crippen LogP contribution in [-0.2, 0) is 13.1 Å². The van der Waals surface area contributed by atoms with E-state index in [0.717, 1.165) is 18.8 Å². The van der Waals surface area contributed by atoms with Gasteiger partial charge in [-0.3, -0.25) is 4.98 Å². The zero-order valence-corrected chi connectivity index (χ0v) is 11.3. The Labute approximate surface area is 109 Å². The molecule has 0 saturated carbocycles. The third kappa shape index (κ3) is 2.96. The Morgan fingerprint density at radius 2 is 1.72 bits per heavy atom. The summed E-state index contributed by atoms with van der Waals surface area (Å²) in [6.07, 6.45) is 1.85. The fourth-order valence-corrected chi connectivity index (χ4v) is 2.02. The fraction of sp³-hybridized carbons (Fsp3) is 0.312. The fourth-order valence-electron chi connectivity index (χ4n) is 2.02. The molecule has 0 radical (unpaired) electrons. The van der Waals surface area contributed by atoms with Gasteiger partial charge in [0.1, 0.15) is 0 Å². The Kier molecular flexibility index (Phi) is 4.11. The quantitative estimate of drug-likeness (QED) is 0.887. The molecule has 0 spiro atoms. The predicted octanol–water partition coefficient (Wildman–Crippen LogP) is 3.30. The minimum atomic E-state index is 0.819. The minimum absolute atomic E-state index is 0.819. The van der Waals surface area contributed by atoms with E-state index in [1.54, 1.807) is 0 Å². The number of aryl methyl sites for hydroxylation is 2. The van der Waals surface area contributed by atoms with Crippen LogP contribution >= 0.6 is 0 Å². The molecule has 2 rings (SSSR count). The van der Waals surface area contributed by atoms with Crippen LogP contribution in [0.1, 0.15) is 27.9 Å². The molecule has 18 heavy (non-hydrogen) atoms. The number of hydrogen-bond donors (Lipinski definition) is 1. The SMILES string of the molecule is Cc1cccnc1CNCc1cccc(C)c1C. The van der Waals surface area contributed by atoms with Gasteiger partial charge in [0.2, 0.25) is 0 Å². The van der Waals surface area contributed by atoms with Gasteiger partial charge in [-0.15, -0.1) is 0 Å². The molecule has 0 aliphatic carbocycles. The summed E-state index contributed by atoms with van der Waals surface area (Å²) >= 11 is 0. The zero-order chi connectivity index (χ0) is 13.0. The monoisotopic (exact) mass is 240 g/mol. The van der Waals surface area contributed by atoms with Gasteiger partial charge in [0.05, 0.1) is 5.69 Å². The highest BCUT2D eigenvalue weighted by Gasteiger charge is 2.01. The van der Waals surface area contributed by atoms with E-state index >= 15 is 0 Å². The topological polar surface area (TPSA) is 24.9 Å². The average Bonchev–Trinajstić information content (AvgIpc) is 2.37. The van der Waals surface area contributed by atoms with Gasteiger partial charge in [0.25, 0.3) is 0 Å². The summed E-state index contributed by atoms with van der Waals surface area (Å²) in [6.45, 7) is 8.14. The molecule has 0 amide bonds. The Balaban J connectivity index is 1.97. The van der Waals surface area contributed by atoms with E-state index in [2.05, 4.69) is 55.3 Å². The molecular weight excluding hydrogens is 220 g/mol. The summed E-state index contributed by atoms with van der Waals surface area (Å²) in [4.78, 5) is 4.39. The van der Waals surface area contributed by atoms with Crippen molar-refractivity contribution >= 4 is 0 Å². The maximum atomic E-state index is 4.39. The van der Waals surface area contributed by atoms with Crippen LogP contribution in [0.4, 0.5) is 0 Å². The minimum Gasteiger partial charge on any atom is -0.307 e. The number of benzene rings is 1. The standard InChI is InChI=1S/C16H20N2/c1-12-6-4-8-15(14(12)3)10-17-11-16-13(2)7-5-9-18-16/h4-9,17H,10-11H2,1-3H3. The average molecular weight is 240 g/mol. The molecule has 0 bridgehead atoms. The molecule has 0 unspecified atom stereocenters. The molecule has 2 nitrogen and oxygen atoms in total. The van der Waals surface area contributed by atoms with Crippen molar-refractivity contribution in [1.82, 2.24) is 10.3 Å². The lowest BCUT2D eigenvalue weighted by Gasteiger charge is -2.10. The maximum absolute atomic E-state index is 4.39. The molecule has 1 aromatic carbocycles. The van der Waals surface area contributed by atoms with E-state index in [1.165, 1.54) is 22.3 Å². The van der Waals surface area contributed by atoms with Crippen molar-refractivity contribution in [1.29, 1.82) is 0 Å². The summed E-state index contributed by atoms with van der Waals surface area (Å²) in [6, 6.07) is 10.5. The first kappa shape index (κ1) is 12.8. The number of nitrogens with zero attached hydrogens (tertiary/aromatic N) is 1. The summed E-state index contributed by atoms with van der Waals surface area (Å²) in [5.74, 6) is 0.